The predicted octanol–water partition coefficient (Wildman–Crippen LogP) is 3.80. The van der Waals surface area contributed by atoms with E-state index in [1.54, 1.807) is 6.07 Å². The Kier molecular flexibility index (Phi) is 5.04. The number of amides is 1. The van der Waals surface area contributed by atoms with Crippen molar-refractivity contribution in [3.63, 3.8) is 0 Å². The quantitative estimate of drug-likeness (QED) is 0.875. The molecule has 5 heteroatoms. The molecule has 114 valence electrons. The van der Waals surface area contributed by atoms with E-state index in [2.05, 4.69) is 15.9 Å². The summed E-state index contributed by atoms with van der Waals surface area (Å²) in [5, 5.41) is 9.11. The maximum atomic E-state index is 12.7. The van der Waals surface area contributed by atoms with Crippen molar-refractivity contribution in [2.24, 2.45) is 5.92 Å². The van der Waals surface area contributed by atoms with Gasteiger partial charge in [-0.3, -0.25) is 4.79 Å². The Morgan fingerprint density at radius 1 is 1.29 bits per heavy atom. The van der Waals surface area contributed by atoms with E-state index in [1.807, 2.05) is 18.7 Å². The second-order valence-electron chi connectivity index (χ2n) is 5.88. The number of carboxylic acids is 1. The highest BCUT2D eigenvalue weighted by molar-refractivity contribution is 9.10. The zero-order valence-corrected chi connectivity index (χ0v) is 13.9. The summed E-state index contributed by atoms with van der Waals surface area (Å²) in [7, 11) is 0. The lowest BCUT2D eigenvalue weighted by atomic mass is 9.84. The van der Waals surface area contributed by atoms with Crippen molar-refractivity contribution in [3.8, 4) is 0 Å². The largest absolute Gasteiger partial charge is 0.478 e. The molecule has 1 fully saturated rings. The average Bonchev–Trinajstić information content (AvgIpc) is 2.35. The molecule has 1 N–H and O–H groups in total. The van der Waals surface area contributed by atoms with Crippen LogP contribution < -0.4 is 0 Å². The average molecular weight is 354 g/mol. The first kappa shape index (κ1) is 16.0. The Balaban J connectivity index is 2.25. The molecule has 1 aromatic carbocycles. The normalized spacial score (nSPS) is 14.9. The maximum absolute atomic E-state index is 12.7. The first-order valence-corrected chi connectivity index (χ1v) is 8.02. The van der Waals surface area contributed by atoms with E-state index < -0.39 is 5.97 Å². The fourth-order valence-corrected chi connectivity index (χ4v) is 2.98. The van der Waals surface area contributed by atoms with E-state index in [0.717, 1.165) is 6.54 Å². The molecule has 4 nitrogen and oxygen atoms in total. The van der Waals surface area contributed by atoms with Crippen LogP contribution >= 0.6 is 15.9 Å². The number of rotatable bonds is 5. The summed E-state index contributed by atoms with van der Waals surface area (Å²) in [6, 6.07) is 4.74. The van der Waals surface area contributed by atoms with E-state index in [1.165, 1.54) is 31.4 Å². The van der Waals surface area contributed by atoms with Gasteiger partial charge in [0.1, 0.15) is 0 Å². The number of carboxylic acid groups (broad SMARTS) is 1. The molecular formula is C16H20BrNO3. The first-order valence-electron chi connectivity index (χ1n) is 7.23. The van der Waals surface area contributed by atoms with Crippen LogP contribution in [0.5, 0.6) is 0 Å². The Hall–Kier alpha value is -1.36. The molecule has 2 rings (SSSR count). The lowest BCUT2D eigenvalue weighted by molar-refractivity contribution is 0.0632. The van der Waals surface area contributed by atoms with Gasteiger partial charge in [-0.1, -0.05) is 22.4 Å². The number of hydrogen-bond acceptors (Lipinski definition) is 2. The van der Waals surface area contributed by atoms with Crippen LogP contribution in [0.2, 0.25) is 0 Å². The number of aromatic carboxylic acids is 1. The molecule has 0 radical (unpaired) electrons. The minimum absolute atomic E-state index is 0.0966. The number of carbonyl (C=O) groups is 2. The third-order valence-electron chi connectivity index (χ3n) is 3.96. The summed E-state index contributed by atoms with van der Waals surface area (Å²) in [4.78, 5) is 25.7. The zero-order valence-electron chi connectivity index (χ0n) is 12.3. The third kappa shape index (κ3) is 3.84. The molecular weight excluding hydrogens is 334 g/mol. The Morgan fingerprint density at radius 3 is 2.38 bits per heavy atom. The van der Waals surface area contributed by atoms with Crippen LogP contribution in [0, 0.1) is 5.92 Å². The Labute approximate surface area is 133 Å². The molecule has 1 amide bonds. The third-order valence-corrected chi connectivity index (χ3v) is 4.41. The molecule has 0 bridgehead atoms. The second kappa shape index (κ2) is 6.60. The standard InChI is InChI=1S/C16H20BrNO3/c1-10(2)18(9-11-4-3-5-11)15(19)12-6-13(16(20)21)8-14(17)7-12/h6-8,10-11H,3-5,9H2,1-2H3,(H,20,21). The summed E-state index contributed by atoms with van der Waals surface area (Å²) >= 11 is 3.28. The van der Waals surface area contributed by atoms with E-state index >= 15 is 0 Å². The molecule has 0 saturated heterocycles. The van der Waals surface area contributed by atoms with Gasteiger partial charge in [-0.15, -0.1) is 0 Å². The van der Waals surface area contributed by atoms with Gasteiger partial charge in [0.25, 0.3) is 5.91 Å². The molecule has 0 aliphatic heterocycles. The van der Waals surface area contributed by atoms with Gasteiger partial charge >= 0.3 is 5.97 Å². The van der Waals surface area contributed by atoms with Gasteiger partial charge in [0.05, 0.1) is 5.56 Å². The number of carbonyl (C=O) groups excluding carboxylic acids is 1. The molecule has 21 heavy (non-hydrogen) atoms. The molecule has 1 aromatic rings. The van der Waals surface area contributed by atoms with Gasteiger partial charge in [-0.2, -0.15) is 0 Å². The van der Waals surface area contributed by atoms with E-state index in [9.17, 15) is 9.59 Å². The van der Waals surface area contributed by atoms with Gasteiger partial charge in [-0.05, 0) is 50.8 Å². The summed E-state index contributed by atoms with van der Waals surface area (Å²) in [6.45, 7) is 4.74. The first-order chi connectivity index (χ1) is 9.88. The molecule has 1 aliphatic carbocycles. The minimum Gasteiger partial charge on any atom is -0.478 e. The summed E-state index contributed by atoms with van der Waals surface area (Å²) in [5.74, 6) is -0.538. The highest BCUT2D eigenvalue weighted by Crippen LogP contribution is 2.28. The summed E-state index contributed by atoms with van der Waals surface area (Å²) < 4.78 is 0.609. The fraction of sp³-hybridized carbons (Fsp3) is 0.500. The SMILES string of the molecule is CC(C)N(CC1CCC1)C(=O)c1cc(Br)cc(C(=O)O)c1. The van der Waals surface area contributed by atoms with Crippen LogP contribution in [0.4, 0.5) is 0 Å². The molecule has 0 aromatic heterocycles. The lowest BCUT2D eigenvalue weighted by Crippen LogP contribution is -2.41. The fourth-order valence-electron chi connectivity index (χ4n) is 2.48. The van der Waals surface area contributed by atoms with Crippen molar-refractivity contribution < 1.29 is 14.7 Å². The number of halogens is 1. The molecule has 0 atom stereocenters. The Bertz CT molecular complexity index is 552. The monoisotopic (exact) mass is 353 g/mol. The summed E-state index contributed by atoms with van der Waals surface area (Å²) in [6.07, 6.45) is 3.59. The van der Waals surface area contributed by atoms with Crippen molar-refractivity contribution >= 4 is 27.8 Å². The van der Waals surface area contributed by atoms with Crippen LogP contribution in [0.15, 0.2) is 22.7 Å². The summed E-state index contributed by atoms with van der Waals surface area (Å²) in [5.41, 5.74) is 0.551. The number of hydrogen-bond donors (Lipinski definition) is 1. The topological polar surface area (TPSA) is 57.6 Å². The molecule has 1 aliphatic rings. The van der Waals surface area contributed by atoms with E-state index in [-0.39, 0.29) is 17.5 Å². The number of nitrogens with zero attached hydrogens (tertiary/aromatic N) is 1. The minimum atomic E-state index is -1.03. The van der Waals surface area contributed by atoms with Gasteiger partial charge in [0.2, 0.25) is 0 Å². The second-order valence-corrected chi connectivity index (χ2v) is 6.80. The van der Waals surface area contributed by atoms with E-state index in [4.69, 9.17) is 5.11 Å². The van der Waals surface area contributed by atoms with E-state index in [0.29, 0.717) is 16.0 Å². The van der Waals surface area contributed by atoms with Crippen LogP contribution in [0.3, 0.4) is 0 Å². The van der Waals surface area contributed by atoms with Gasteiger partial charge < -0.3 is 10.0 Å². The molecule has 0 spiro atoms. The van der Waals surface area contributed by atoms with Gasteiger partial charge in [-0.25, -0.2) is 4.79 Å². The van der Waals surface area contributed by atoms with Crippen LogP contribution in [-0.4, -0.2) is 34.5 Å². The zero-order chi connectivity index (χ0) is 15.6. The highest BCUT2D eigenvalue weighted by Gasteiger charge is 2.26. The van der Waals surface area contributed by atoms with Crippen molar-refractivity contribution in [2.45, 2.75) is 39.2 Å². The molecule has 1 saturated carbocycles. The van der Waals surface area contributed by atoms with Gasteiger partial charge in [0, 0.05) is 22.6 Å². The predicted molar refractivity (Wildman–Crippen MR) is 84.6 cm³/mol. The Morgan fingerprint density at radius 2 is 1.90 bits per heavy atom. The highest BCUT2D eigenvalue weighted by atomic mass is 79.9. The molecule has 0 unspecified atom stereocenters. The number of benzene rings is 1. The molecule has 0 heterocycles. The van der Waals surface area contributed by atoms with Crippen molar-refractivity contribution in [3.05, 3.63) is 33.8 Å². The van der Waals surface area contributed by atoms with Crippen molar-refractivity contribution in [2.75, 3.05) is 6.54 Å². The van der Waals surface area contributed by atoms with Crippen LogP contribution in [0.1, 0.15) is 53.8 Å². The van der Waals surface area contributed by atoms with Crippen molar-refractivity contribution in [1.82, 2.24) is 4.90 Å². The van der Waals surface area contributed by atoms with Gasteiger partial charge in [0.15, 0.2) is 0 Å². The lowest BCUT2D eigenvalue weighted by Gasteiger charge is -2.35. The van der Waals surface area contributed by atoms with Crippen LogP contribution in [0.25, 0.3) is 0 Å². The smallest absolute Gasteiger partial charge is 0.335 e. The van der Waals surface area contributed by atoms with Crippen LogP contribution in [-0.2, 0) is 0 Å². The van der Waals surface area contributed by atoms with Crippen molar-refractivity contribution in [1.29, 1.82) is 0 Å². The maximum Gasteiger partial charge on any atom is 0.335 e.